The molecular weight excluding hydrogens is 304 g/mol. The topological polar surface area (TPSA) is 73.8 Å². The Bertz CT molecular complexity index is 1070. The van der Waals surface area contributed by atoms with Crippen LogP contribution >= 0.6 is 0 Å². The molecule has 118 valence electrons. The van der Waals surface area contributed by atoms with Crippen LogP contribution in [0, 0.1) is 0 Å². The van der Waals surface area contributed by atoms with Crippen molar-refractivity contribution in [3.8, 4) is 17.3 Å². The summed E-state index contributed by atoms with van der Waals surface area (Å²) in [6.45, 7) is 2.00. The third-order valence-corrected chi connectivity index (χ3v) is 3.89. The van der Waals surface area contributed by atoms with Gasteiger partial charge in [-0.25, -0.2) is 19.7 Å². The smallest absolute Gasteiger partial charge is 0.347 e. The van der Waals surface area contributed by atoms with E-state index in [1.165, 1.54) is 0 Å². The first kappa shape index (κ1) is 14.3. The van der Waals surface area contributed by atoms with Crippen LogP contribution in [0.25, 0.3) is 28.2 Å². The molecule has 24 heavy (non-hydrogen) atoms. The molecule has 3 aromatic heterocycles. The van der Waals surface area contributed by atoms with Gasteiger partial charge in [0, 0.05) is 18.6 Å². The number of fused-ring (bicyclic) bond motifs is 1. The highest BCUT2D eigenvalue weighted by atomic mass is 16.4. The number of aromatic nitrogens is 4. The molecule has 3 heterocycles. The number of rotatable bonds is 3. The summed E-state index contributed by atoms with van der Waals surface area (Å²) in [6, 6.07) is 9.24. The Morgan fingerprint density at radius 1 is 1.17 bits per heavy atom. The third-order valence-electron chi connectivity index (χ3n) is 3.89. The summed E-state index contributed by atoms with van der Waals surface area (Å²) in [5.41, 5.74) is 1.81. The normalized spacial score (nSPS) is 11.0. The summed E-state index contributed by atoms with van der Waals surface area (Å²) in [6.07, 6.45) is 7.50. The summed E-state index contributed by atoms with van der Waals surface area (Å²) >= 11 is 0. The second-order valence-corrected chi connectivity index (χ2v) is 5.32. The first-order chi connectivity index (χ1) is 11.8. The van der Waals surface area contributed by atoms with Crippen molar-refractivity contribution >= 4 is 10.9 Å². The van der Waals surface area contributed by atoms with Gasteiger partial charge in [-0.3, -0.25) is 4.57 Å². The van der Waals surface area contributed by atoms with Crippen molar-refractivity contribution in [3.63, 3.8) is 0 Å². The number of nitrogens with zero attached hydrogens (tertiary/aromatic N) is 4. The first-order valence-corrected chi connectivity index (χ1v) is 7.64. The van der Waals surface area contributed by atoms with E-state index < -0.39 is 0 Å². The first-order valence-electron chi connectivity index (χ1n) is 7.64. The molecule has 4 aromatic rings. The summed E-state index contributed by atoms with van der Waals surface area (Å²) in [5.74, 6) is 0.856. The Morgan fingerprint density at radius 3 is 2.88 bits per heavy atom. The van der Waals surface area contributed by atoms with E-state index in [-0.39, 0.29) is 11.5 Å². The zero-order valence-electron chi connectivity index (χ0n) is 13.0. The molecule has 0 amide bonds. The number of imidazole rings is 1. The lowest BCUT2D eigenvalue weighted by Crippen LogP contribution is -2.07. The summed E-state index contributed by atoms with van der Waals surface area (Å²) in [5, 5.41) is 0.539. The molecule has 6 heteroatoms. The van der Waals surface area contributed by atoms with Gasteiger partial charge in [0.2, 0.25) is 5.89 Å². The van der Waals surface area contributed by atoms with Crippen LogP contribution in [0.1, 0.15) is 12.5 Å². The SMILES string of the molecule is CCc1cccc2nc(-c3cccnc3-n3ccnc3)oc(=O)c12. The highest BCUT2D eigenvalue weighted by molar-refractivity contribution is 5.82. The van der Waals surface area contributed by atoms with Crippen LogP contribution in [0.15, 0.2) is 64.5 Å². The standard InChI is InChI=1S/C18H14N4O2/c1-2-12-5-3-7-14-15(12)18(23)24-17(21-14)13-6-4-8-20-16(13)22-10-9-19-11-22/h3-11H,2H2,1H3. The molecule has 0 radical (unpaired) electrons. The molecule has 1 aromatic carbocycles. The van der Waals surface area contributed by atoms with Gasteiger partial charge in [0.1, 0.15) is 6.33 Å². The molecule has 0 aliphatic heterocycles. The second-order valence-electron chi connectivity index (χ2n) is 5.32. The Balaban J connectivity index is 1.98. The second kappa shape index (κ2) is 5.73. The Hall–Kier alpha value is -3.28. The van der Waals surface area contributed by atoms with Gasteiger partial charge in [-0.15, -0.1) is 0 Å². The van der Waals surface area contributed by atoms with E-state index in [1.54, 1.807) is 35.6 Å². The highest BCUT2D eigenvalue weighted by Crippen LogP contribution is 2.24. The van der Waals surface area contributed by atoms with Crippen molar-refractivity contribution in [1.29, 1.82) is 0 Å². The van der Waals surface area contributed by atoms with Crippen molar-refractivity contribution in [3.05, 3.63) is 71.2 Å². The average molecular weight is 318 g/mol. The van der Waals surface area contributed by atoms with Crippen LogP contribution < -0.4 is 5.63 Å². The molecule has 0 spiro atoms. The Labute approximate surface area is 137 Å². The van der Waals surface area contributed by atoms with E-state index in [1.807, 2.05) is 31.2 Å². The molecule has 0 aliphatic rings. The van der Waals surface area contributed by atoms with Crippen LogP contribution in [-0.2, 0) is 6.42 Å². The molecular formula is C18H14N4O2. The van der Waals surface area contributed by atoms with Crippen LogP contribution in [-0.4, -0.2) is 19.5 Å². The highest BCUT2D eigenvalue weighted by Gasteiger charge is 2.15. The fraction of sp³-hybridized carbons (Fsp3) is 0.111. The molecule has 0 N–H and O–H groups in total. The van der Waals surface area contributed by atoms with Crippen molar-refractivity contribution in [1.82, 2.24) is 19.5 Å². The number of benzene rings is 1. The number of hydrogen-bond acceptors (Lipinski definition) is 5. The van der Waals surface area contributed by atoms with E-state index in [4.69, 9.17) is 4.42 Å². The van der Waals surface area contributed by atoms with E-state index in [0.29, 0.717) is 22.3 Å². The van der Waals surface area contributed by atoms with Gasteiger partial charge in [-0.1, -0.05) is 19.1 Å². The minimum atomic E-state index is -0.382. The summed E-state index contributed by atoms with van der Waals surface area (Å²) in [4.78, 5) is 25.4. The molecule has 6 nitrogen and oxygen atoms in total. The van der Waals surface area contributed by atoms with Crippen LogP contribution in [0.3, 0.4) is 0 Å². The minimum absolute atomic E-state index is 0.248. The summed E-state index contributed by atoms with van der Waals surface area (Å²) < 4.78 is 7.27. The maximum Gasteiger partial charge on any atom is 0.347 e. The number of pyridine rings is 1. The maximum atomic E-state index is 12.5. The van der Waals surface area contributed by atoms with Gasteiger partial charge in [0.15, 0.2) is 5.82 Å². The third kappa shape index (κ3) is 2.28. The lowest BCUT2D eigenvalue weighted by atomic mass is 10.1. The molecule has 0 saturated heterocycles. The quantitative estimate of drug-likeness (QED) is 0.580. The molecule has 0 aliphatic carbocycles. The maximum absolute atomic E-state index is 12.5. The number of aryl methyl sites for hydroxylation is 1. The molecule has 0 unspecified atom stereocenters. The van der Waals surface area contributed by atoms with Gasteiger partial charge in [-0.05, 0) is 30.2 Å². The Morgan fingerprint density at radius 2 is 2.08 bits per heavy atom. The van der Waals surface area contributed by atoms with Crippen LogP contribution in [0.4, 0.5) is 0 Å². The van der Waals surface area contributed by atoms with Gasteiger partial charge >= 0.3 is 5.63 Å². The fourth-order valence-corrected chi connectivity index (χ4v) is 2.75. The predicted molar refractivity (Wildman–Crippen MR) is 90.0 cm³/mol. The Kier molecular flexibility index (Phi) is 3.42. The van der Waals surface area contributed by atoms with Gasteiger partial charge in [-0.2, -0.15) is 0 Å². The number of hydrogen-bond donors (Lipinski definition) is 0. The van der Waals surface area contributed by atoms with Crippen molar-refractivity contribution < 1.29 is 4.42 Å². The largest absolute Gasteiger partial charge is 0.403 e. The van der Waals surface area contributed by atoms with Crippen molar-refractivity contribution in [2.75, 3.05) is 0 Å². The molecule has 0 bridgehead atoms. The van der Waals surface area contributed by atoms with E-state index in [2.05, 4.69) is 15.0 Å². The predicted octanol–water partition coefficient (Wildman–Crippen LogP) is 3.00. The minimum Gasteiger partial charge on any atom is -0.403 e. The lowest BCUT2D eigenvalue weighted by Gasteiger charge is -2.08. The average Bonchev–Trinajstić information content (AvgIpc) is 3.15. The fourth-order valence-electron chi connectivity index (χ4n) is 2.75. The van der Waals surface area contributed by atoms with Gasteiger partial charge < -0.3 is 4.42 Å². The van der Waals surface area contributed by atoms with Crippen molar-refractivity contribution in [2.45, 2.75) is 13.3 Å². The van der Waals surface area contributed by atoms with Gasteiger partial charge in [0.25, 0.3) is 0 Å². The van der Waals surface area contributed by atoms with E-state index >= 15 is 0 Å². The van der Waals surface area contributed by atoms with E-state index in [9.17, 15) is 4.79 Å². The van der Waals surface area contributed by atoms with Crippen LogP contribution in [0.2, 0.25) is 0 Å². The molecule has 0 fully saturated rings. The zero-order valence-corrected chi connectivity index (χ0v) is 13.0. The van der Waals surface area contributed by atoms with E-state index in [0.717, 1.165) is 12.0 Å². The summed E-state index contributed by atoms with van der Waals surface area (Å²) in [7, 11) is 0. The lowest BCUT2D eigenvalue weighted by molar-refractivity contribution is 0.517. The molecule has 4 rings (SSSR count). The monoisotopic (exact) mass is 318 g/mol. The molecule has 0 atom stereocenters. The van der Waals surface area contributed by atoms with Gasteiger partial charge in [0.05, 0.1) is 16.5 Å². The zero-order chi connectivity index (χ0) is 16.5. The molecule has 0 saturated carbocycles. The van der Waals surface area contributed by atoms with Crippen molar-refractivity contribution in [2.24, 2.45) is 0 Å². The van der Waals surface area contributed by atoms with Crippen LogP contribution in [0.5, 0.6) is 0 Å².